The molecule has 24 heavy (non-hydrogen) atoms. The van der Waals surface area contributed by atoms with Gasteiger partial charge in [-0.05, 0) is 56.1 Å². The van der Waals surface area contributed by atoms with E-state index in [1.807, 2.05) is 12.3 Å². The summed E-state index contributed by atoms with van der Waals surface area (Å²) in [6.07, 6.45) is 6.04. The SMILES string of the molecule is c1cnc2ccc(CN3CCCO[C@@H](CN4CCCC4)C3)cc2c1. The van der Waals surface area contributed by atoms with Crippen LogP contribution in [0, 0.1) is 0 Å². The summed E-state index contributed by atoms with van der Waals surface area (Å²) in [4.78, 5) is 9.54. The van der Waals surface area contributed by atoms with Crippen molar-refractivity contribution in [2.45, 2.75) is 31.9 Å². The van der Waals surface area contributed by atoms with E-state index in [1.165, 1.54) is 36.9 Å². The molecular formula is C20H27N3O. The summed E-state index contributed by atoms with van der Waals surface area (Å²) < 4.78 is 6.11. The lowest BCUT2D eigenvalue weighted by Gasteiger charge is -2.27. The number of hydrogen-bond donors (Lipinski definition) is 0. The van der Waals surface area contributed by atoms with Gasteiger partial charge in [0.25, 0.3) is 0 Å². The fourth-order valence-electron chi connectivity index (χ4n) is 3.96. The minimum atomic E-state index is 0.354. The molecule has 0 bridgehead atoms. The van der Waals surface area contributed by atoms with Crippen molar-refractivity contribution in [1.82, 2.24) is 14.8 Å². The predicted octanol–water partition coefficient (Wildman–Crippen LogP) is 2.92. The zero-order valence-electron chi connectivity index (χ0n) is 14.4. The van der Waals surface area contributed by atoms with Crippen molar-refractivity contribution in [1.29, 1.82) is 0 Å². The van der Waals surface area contributed by atoms with Crippen LogP contribution in [-0.4, -0.2) is 60.2 Å². The van der Waals surface area contributed by atoms with Gasteiger partial charge in [-0.3, -0.25) is 9.88 Å². The standard InChI is InChI=1S/C20H27N3O/c1-2-10-22(9-1)15-19-16-23(11-4-12-24-19)14-17-6-7-20-18(13-17)5-3-8-21-20/h3,5-8,13,19H,1-2,4,9-12,14-16H2/t19-/m0/s1. The Bertz CT molecular complexity index is 669. The molecular weight excluding hydrogens is 298 g/mol. The van der Waals surface area contributed by atoms with Crippen LogP contribution in [-0.2, 0) is 11.3 Å². The van der Waals surface area contributed by atoms with E-state index in [2.05, 4.69) is 39.0 Å². The first-order valence-electron chi connectivity index (χ1n) is 9.27. The summed E-state index contributed by atoms with van der Waals surface area (Å²) in [5.74, 6) is 0. The predicted molar refractivity (Wildman–Crippen MR) is 97.1 cm³/mol. The quantitative estimate of drug-likeness (QED) is 0.864. The molecule has 0 radical (unpaired) electrons. The molecule has 2 aliphatic heterocycles. The highest BCUT2D eigenvalue weighted by Crippen LogP contribution is 2.17. The van der Waals surface area contributed by atoms with Crippen molar-refractivity contribution in [3.8, 4) is 0 Å². The number of ether oxygens (including phenoxy) is 1. The minimum absolute atomic E-state index is 0.354. The topological polar surface area (TPSA) is 28.6 Å². The Morgan fingerprint density at radius 3 is 2.83 bits per heavy atom. The zero-order valence-corrected chi connectivity index (χ0v) is 14.4. The van der Waals surface area contributed by atoms with Gasteiger partial charge in [-0.1, -0.05) is 12.1 Å². The van der Waals surface area contributed by atoms with Crippen LogP contribution in [0.2, 0.25) is 0 Å². The molecule has 0 N–H and O–H groups in total. The molecule has 2 aliphatic rings. The molecule has 0 saturated carbocycles. The monoisotopic (exact) mass is 325 g/mol. The van der Waals surface area contributed by atoms with E-state index >= 15 is 0 Å². The summed E-state index contributed by atoms with van der Waals surface area (Å²) in [5.41, 5.74) is 2.45. The van der Waals surface area contributed by atoms with Crippen molar-refractivity contribution in [2.24, 2.45) is 0 Å². The number of likely N-dealkylation sites (tertiary alicyclic amines) is 1. The summed E-state index contributed by atoms with van der Waals surface area (Å²) in [7, 11) is 0. The lowest BCUT2D eigenvalue weighted by Crippen LogP contribution is -2.39. The maximum absolute atomic E-state index is 6.11. The first-order chi connectivity index (χ1) is 11.9. The Labute approximate surface area is 144 Å². The molecule has 128 valence electrons. The van der Waals surface area contributed by atoms with Crippen LogP contribution in [0.5, 0.6) is 0 Å². The molecule has 2 fully saturated rings. The Morgan fingerprint density at radius 2 is 1.92 bits per heavy atom. The summed E-state index contributed by atoms with van der Waals surface area (Å²) >= 11 is 0. The van der Waals surface area contributed by atoms with Crippen molar-refractivity contribution in [3.63, 3.8) is 0 Å². The lowest BCUT2D eigenvalue weighted by atomic mass is 10.1. The van der Waals surface area contributed by atoms with Gasteiger partial charge < -0.3 is 9.64 Å². The zero-order chi connectivity index (χ0) is 16.2. The van der Waals surface area contributed by atoms with E-state index < -0.39 is 0 Å². The van der Waals surface area contributed by atoms with Gasteiger partial charge in [-0.2, -0.15) is 0 Å². The van der Waals surface area contributed by atoms with Gasteiger partial charge in [-0.25, -0.2) is 0 Å². The molecule has 0 unspecified atom stereocenters. The highest BCUT2D eigenvalue weighted by atomic mass is 16.5. The second-order valence-corrected chi connectivity index (χ2v) is 7.12. The van der Waals surface area contributed by atoms with E-state index in [0.29, 0.717) is 6.10 Å². The van der Waals surface area contributed by atoms with Gasteiger partial charge in [-0.15, -0.1) is 0 Å². The molecule has 2 aromatic rings. The molecule has 0 spiro atoms. The maximum Gasteiger partial charge on any atom is 0.0828 e. The van der Waals surface area contributed by atoms with Crippen molar-refractivity contribution in [3.05, 3.63) is 42.1 Å². The molecule has 2 saturated heterocycles. The van der Waals surface area contributed by atoms with Crippen molar-refractivity contribution < 1.29 is 4.74 Å². The summed E-state index contributed by atoms with van der Waals surface area (Å²) in [5, 5.41) is 1.23. The maximum atomic E-state index is 6.11. The number of benzene rings is 1. The smallest absolute Gasteiger partial charge is 0.0828 e. The molecule has 0 aliphatic carbocycles. The Morgan fingerprint density at radius 1 is 1.04 bits per heavy atom. The minimum Gasteiger partial charge on any atom is -0.376 e. The molecule has 1 atom stereocenters. The molecule has 0 amide bonds. The van der Waals surface area contributed by atoms with Crippen LogP contribution >= 0.6 is 0 Å². The first-order valence-corrected chi connectivity index (χ1v) is 9.27. The fraction of sp³-hybridized carbons (Fsp3) is 0.550. The van der Waals surface area contributed by atoms with Crippen molar-refractivity contribution >= 4 is 10.9 Å². The number of rotatable bonds is 4. The number of fused-ring (bicyclic) bond motifs is 1. The average Bonchev–Trinajstić information content (AvgIpc) is 3.01. The van der Waals surface area contributed by atoms with Crippen LogP contribution in [0.25, 0.3) is 10.9 Å². The third-order valence-corrected chi connectivity index (χ3v) is 5.17. The second-order valence-electron chi connectivity index (χ2n) is 7.12. The van der Waals surface area contributed by atoms with Gasteiger partial charge in [0.1, 0.15) is 0 Å². The molecule has 4 nitrogen and oxygen atoms in total. The first kappa shape index (κ1) is 16.0. The molecule has 4 heteroatoms. The van der Waals surface area contributed by atoms with Crippen LogP contribution in [0.4, 0.5) is 0 Å². The van der Waals surface area contributed by atoms with E-state index in [4.69, 9.17) is 4.74 Å². The van der Waals surface area contributed by atoms with Crippen LogP contribution in [0.15, 0.2) is 36.5 Å². The van der Waals surface area contributed by atoms with Gasteiger partial charge >= 0.3 is 0 Å². The molecule has 3 heterocycles. The van der Waals surface area contributed by atoms with Gasteiger partial charge in [0.05, 0.1) is 11.6 Å². The fourth-order valence-corrected chi connectivity index (χ4v) is 3.96. The number of nitrogens with zero attached hydrogens (tertiary/aromatic N) is 3. The Balaban J connectivity index is 1.41. The number of hydrogen-bond acceptors (Lipinski definition) is 4. The van der Waals surface area contributed by atoms with Crippen LogP contribution in [0.1, 0.15) is 24.8 Å². The van der Waals surface area contributed by atoms with E-state index in [1.54, 1.807) is 0 Å². The average molecular weight is 325 g/mol. The number of aromatic nitrogens is 1. The highest BCUT2D eigenvalue weighted by Gasteiger charge is 2.22. The van der Waals surface area contributed by atoms with Gasteiger partial charge in [0.15, 0.2) is 0 Å². The van der Waals surface area contributed by atoms with Crippen molar-refractivity contribution in [2.75, 3.05) is 39.3 Å². The largest absolute Gasteiger partial charge is 0.376 e. The third-order valence-electron chi connectivity index (χ3n) is 5.17. The van der Waals surface area contributed by atoms with E-state index in [0.717, 1.165) is 44.7 Å². The Kier molecular flexibility index (Phi) is 5.07. The van der Waals surface area contributed by atoms with Crippen LogP contribution in [0.3, 0.4) is 0 Å². The van der Waals surface area contributed by atoms with Gasteiger partial charge in [0, 0.05) is 44.4 Å². The number of pyridine rings is 1. The lowest BCUT2D eigenvalue weighted by molar-refractivity contribution is 0.0308. The molecule has 1 aromatic carbocycles. The normalized spacial score (nSPS) is 23.6. The van der Waals surface area contributed by atoms with E-state index in [9.17, 15) is 0 Å². The van der Waals surface area contributed by atoms with Gasteiger partial charge in [0.2, 0.25) is 0 Å². The van der Waals surface area contributed by atoms with E-state index in [-0.39, 0.29) is 0 Å². The molecule has 4 rings (SSSR count). The van der Waals surface area contributed by atoms with Crippen LogP contribution < -0.4 is 0 Å². The summed E-state index contributed by atoms with van der Waals surface area (Å²) in [6, 6.07) is 10.8. The molecule has 1 aromatic heterocycles. The highest BCUT2D eigenvalue weighted by molar-refractivity contribution is 5.78. The second kappa shape index (κ2) is 7.60. The third kappa shape index (κ3) is 3.94. The Hall–Kier alpha value is -1.49. The summed E-state index contributed by atoms with van der Waals surface area (Å²) in [6.45, 7) is 7.66.